The van der Waals surface area contributed by atoms with Crippen LogP contribution in [0.5, 0.6) is 0 Å². The fourth-order valence-corrected chi connectivity index (χ4v) is 3.17. The van der Waals surface area contributed by atoms with Crippen molar-refractivity contribution < 1.29 is 14.5 Å². The van der Waals surface area contributed by atoms with E-state index in [-0.39, 0.29) is 29.6 Å². The van der Waals surface area contributed by atoms with E-state index in [0.717, 1.165) is 0 Å². The molecule has 2 aliphatic rings. The molecule has 1 aromatic heterocycles. The molecule has 3 atom stereocenters. The number of hydrogen-bond donors (Lipinski definition) is 0. The van der Waals surface area contributed by atoms with Crippen molar-refractivity contribution in [2.24, 2.45) is 11.8 Å². The standard InChI is InChI=1S/C13H15N3O4/c1-8-6-15(7-9-4-12(17)20-13(8)9)10-2-3-14-5-11(10)16(18)19/h2-3,5,8-9,13H,4,6-7H2,1H3/t8?,9-,13?/m1/s1. The van der Waals surface area contributed by atoms with Crippen LogP contribution in [0.4, 0.5) is 11.4 Å². The summed E-state index contributed by atoms with van der Waals surface area (Å²) in [6.45, 7) is 3.25. The maximum absolute atomic E-state index is 11.4. The van der Waals surface area contributed by atoms with Crippen LogP contribution < -0.4 is 4.90 Å². The molecule has 0 spiro atoms. The van der Waals surface area contributed by atoms with Gasteiger partial charge in [0.05, 0.1) is 11.3 Å². The van der Waals surface area contributed by atoms with Crippen LogP contribution in [0.15, 0.2) is 18.5 Å². The summed E-state index contributed by atoms with van der Waals surface area (Å²) in [5, 5.41) is 11.1. The second-order valence-corrected chi connectivity index (χ2v) is 5.42. The van der Waals surface area contributed by atoms with Crippen LogP contribution in [-0.4, -0.2) is 35.1 Å². The van der Waals surface area contributed by atoms with Crippen molar-refractivity contribution in [2.75, 3.05) is 18.0 Å². The number of piperidine rings is 1. The second kappa shape index (κ2) is 4.73. The Labute approximate surface area is 115 Å². The number of carbonyl (C=O) groups excluding carboxylic acids is 1. The summed E-state index contributed by atoms with van der Waals surface area (Å²) in [7, 11) is 0. The van der Waals surface area contributed by atoms with Gasteiger partial charge in [-0.15, -0.1) is 0 Å². The van der Waals surface area contributed by atoms with E-state index in [1.165, 1.54) is 6.20 Å². The number of hydrogen-bond acceptors (Lipinski definition) is 6. The summed E-state index contributed by atoms with van der Waals surface area (Å²) in [5.41, 5.74) is 0.568. The summed E-state index contributed by atoms with van der Waals surface area (Å²) in [5.74, 6) is 0.102. The lowest BCUT2D eigenvalue weighted by atomic mass is 9.86. The molecule has 3 heterocycles. The van der Waals surface area contributed by atoms with Gasteiger partial charge in [-0.1, -0.05) is 6.92 Å². The number of pyridine rings is 1. The molecule has 2 aliphatic heterocycles. The molecule has 0 radical (unpaired) electrons. The van der Waals surface area contributed by atoms with Crippen molar-refractivity contribution in [3.8, 4) is 0 Å². The van der Waals surface area contributed by atoms with Gasteiger partial charge in [-0.05, 0) is 6.07 Å². The van der Waals surface area contributed by atoms with E-state index >= 15 is 0 Å². The Hall–Kier alpha value is -2.18. The van der Waals surface area contributed by atoms with Gasteiger partial charge in [-0.3, -0.25) is 19.9 Å². The van der Waals surface area contributed by atoms with Crippen molar-refractivity contribution in [3.05, 3.63) is 28.6 Å². The van der Waals surface area contributed by atoms with E-state index in [0.29, 0.717) is 25.2 Å². The van der Waals surface area contributed by atoms with Crippen LogP contribution in [0.2, 0.25) is 0 Å². The maximum Gasteiger partial charge on any atom is 0.310 e. The number of fused-ring (bicyclic) bond motifs is 1. The zero-order valence-corrected chi connectivity index (χ0v) is 11.1. The Balaban J connectivity index is 1.89. The van der Waals surface area contributed by atoms with Crippen LogP contribution in [0.1, 0.15) is 13.3 Å². The Kier molecular flexibility index (Phi) is 3.04. The predicted molar refractivity (Wildman–Crippen MR) is 70.3 cm³/mol. The van der Waals surface area contributed by atoms with Crippen LogP contribution in [-0.2, 0) is 9.53 Å². The number of nitro groups is 1. The molecule has 0 amide bonds. The van der Waals surface area contributed by atoms with Gasteiger partial charge < -0.3 is 9.64 Å². The SMILES string of the molecule is CC1CN(c2ccncc2[N+](=O)[O-])C[C@H]2CC(=O)OC12. The van der Waals surface area contributed by atoms with Gasteiger partial charge in [0.1, 0.15) is 18.0 Å². The molecule has 7 nitrogen and oxygen atoms in total. The van der Waals surface area contributed by atoms with Gasteiger partial charge in [0.2, 0.25) is 0 Å². The molecule has 1 aromatic rings. The van der Waals surface area contributed by atoms with Gasteiger partial charge in [0, 0.05) is 31.1 Å². The molecule has 0 saturated carbocycles. The molecule has 0 bridgehead atoms. The number of aromatic nitrogens is 1. The van der Waals surface area contributed by atoms with E-state index in [1.54, 1.807) is 12.3 Å². The summed E-state index contributed by atoms with van der Waals surface area (Å²) in [4.78, 5) is 27.9. The highest BCUT2D eigenvalue weighted by atomic mass is 16.6. The van der Waals surface area contributed by atoms with Crippen molar-refractivity contribution in [1.29, 1.82) is 0 Å². The fourth-order valence-electron chi connectivity index (χ4n) is 3.17. The number of rotatable bonds is 2. The molecule has 0 aromatic carbocycles. The Morgan fingerprint density at radius 3 is 3.05 bits per heavy atom. The number of carbonyl (C=O) groups is 1. The molecule has 106 valence electrons. The molecule has 2 saturated heterocycles. The lowest BCUT2D eigenvalue weighted by Crippen LogP contribution is -2.47. The lowest BCUT2D eigenvalue weighted by molar-refractivity contribution is -0.384. The minimum absolute atomic E-state index is 0.00314. The normalized spacial score (nSPS) is 28.9. The molecule has 3 rings (SSSR count). The van der Waals surface area contributed by atoms with Crippen LogP contribution in [0.25, 0.3) is 0 Å². The molecular weight excluding hydrogens is 262 g/mol. The molecule has 20 heavy (non-hydrogen) atoms. The zero-order valence-electron chi connectivity index (χ0n) is 11.1. The highest BCUT2D eigenvalue weighted by molar-refractivity contribution is 5.73. The smallest absolute Gasteiger partial charge is 0.310 e. The van der Waals surface area contributed by atoms with Crippen molar-refractivity contribution in [1.82, 2.24) is 4.98 Å². The van der Waals surface area contributed by atoms with Gasteiger partial charge in [0.15, 0.2) is 0 Å². The Morgan fingerprint density at radius 2 is 2.30 bits per heavy atom. The first kappa shape index (κ1) is 12.8. The molecule has 2 unspecified atom stereocenters. The minimum Gasteiger partial charge on any atom is -0.462 e. The first-order valence-corrected chi connectivity index (χ1v) is 6.59. The molecule has 7 heteroatoms. The average molecular weight is 277 g/mol. The highest BCUT2D eigenvalue weighted by Gasteiger charge is 2.44. The van der Waals surface area contributed by atoms with Gasteiger partial charge in [0.25, 0.3) is 0 Å². The number of ether oxygens (including phenoxy) is 1. The molecule has 0 N–H and O–H groups in total. The third-order valence-electron chi connectivity index (χ3n) is 4.00. The van der Waals surface area contributed by atoms with Crippen molar-refractivity contribution in [3.63, 3.8) is 0 Å². The Morgan fingerprint density at radius 1 is 1.50 bits per heavy atom. The van der Waals surface area contributed by atoms with Crippen LogP contribution >= 0.6 is 0 Å². The predicted octanol–water partition coefficient (Wildman–Crippen LogP) is 1.38. The van der Waals surface area contributed by atoms with Crippen molar-refractivity contribution >= 4 is 17.3 Å². The number of nitrogens with zero attached hydrogens (tertiary/aromatic N) is 3. The third kappa shape index (κ3) is 2.09. The quantitative estimate of drug-likeness (QED) is 0.461. The largest absolute Gasteiger partial charge is 0.462 e. The maximum atomic E-state index is 11.4. The average Bonchev–Trinajstić information content (AvgIpc) is 2.79. The summed E-state index contributed by atoms with van der Waals surface area (Å²) in [6, 6.07) is 1.66. The third-order valence-corrected chi connectivity index (χ3v) is 4.00. The van der Waals surface area contributed by atoms with E-state index in [4.69, 9.17) is 4.74 Å². The molecule has 0 aliphatic carbocycles. The number of anilines is 1. The molecular formula is C13H15N3O4. The number of esters is 1. The first-order chi connectivity index (χ1) is 9.56. The van der Waals surface area contributed by atoms with E-state index < -0.39 is 4.92 Å². The van der Waals surface area contributed by atoms with E-state index in [1.807, 2.05) is 11.8 Å². The minimum atomic E-state index is -0.421. The van der Waals surface area contributed by atoms with Crippen LogP contribution in [0, 0.1) is 22.0 Å². The monoisotopic (exact) mass is 277 g/mol. The fraction of sp³-hybridized carbons (Fsp3) is 0.538. The first-order valence-electron chi connectivity index (χ1n) is 6.59. The summed E-state index contributed by atoms with van der Waals surface area (Å²) >= 11 is 0. The Bertz CT molecular complexity index is 562. The molecule has 2 fully saturated rings. The van der Waals surface area contributed by atoms with Gasteiger partial charge >= 0.3 is 11.7 Å². The van der Waals surface area contributed by atoms with Gasteiger partial charge in [-0.25, -0.2) is 0 Å². The van der Waals surface area contributed by atoms with E-state index in [9.17, 15) is 14.9 Å². The van der Waals surface area contributed by atoms with Crippen molar-refractivity contribution in [2.45, 2.75) is 19.4 Å². The second-order valence-electron chi connectivity index (χ2n) is 5.42. The van der Waals surface area contributed by atoms with Gasteiger partial charge in [-0.2, -0.15) is 0 Å². The van der Waals surface area contributed by atoms with Crippen LogP contribution in [0.3, 0.4) is 0 Å². The van der Waals surface area contributed by atoms with E-state index in [2.05, 4.69) is 4.98 Å². The summed E-state index contributed by atoms with van der Waals surface area (Å²) < 4.78 is 5.33. The highest BCUT2D eigenvalue weighted by Crippen LogP contribution is 2.37. The summed E-state index contributed by atoms with van der Waals surface area (Å²) in [6.07, 6.45) is 3.15. The lowest BCUT2D eigenvalue weighted by Gasteiger charge is -2.38. The topological polar surface area (TPSA) is 85.6 Å². The zero-order chi connectivity index (χ0) is 14.3.